The number of para-hydroxylation sites is 1. The van der Waals surface area contributed by atoms with Crippen molar-refractivity contribution in [1.82, 2.24) is 19.5 Å². The van der Waals surface area contributed by atoms with Gasteiger partial charge in [0.15, 0.2) is 0 Å². The van der Waals surface area contributed by atoms with Gasteiger partial charge < -0.3 is 5.73 Å². The Morgan fingerprint density at radius 2 is 1.77 bits per heavy atom. The zero-order valence-electron chi connectivity index (χ0n) is 17.9. The van der Waals surface area contributed by atoms with Crippen LogP contribution >= 0.6 is 11.8 Å². The molecule has 4 aromatic rings. The molecule has 0 amide bonds. The molecule has 4 rings (SSSR count). The van der Waals surface area contributed by atoms with E-state index in [0.717, 1.165) is 40.4 Å². The highest BCUT2D eigenvalue weighted by molar-refractivity contribution is 7.98. The first kappa shape index (κ1) is 21.1. The molecule has 158 valence electrons. The van der Waals surface area contributed by atoms with E-state index >= 15 is 0 Å². The summed E-state index contributed by atoms with van der Waals surface area (Å²) in [7, 11) is 0. The van der Waals surface area contributed by atoms with Crippen molar-refractivity contribution in [3.63, 3.8) is 0 Å². The zero-order chi connectivity index (χ0) is 22.0. The highest BCUT2D eigenvalue weighted by Crippen LogP contribution is 2.25. The largest absolute Gasteiger partial charge is 0.368 e. The van der Waals surface area contributed by atoms with Crippen LogP contribution in [-0.4, -0.2) is 19.5 Å². The number of anilines is 1. The Kier molecular flexibility index (Phi) is 6.04. The predicted octanol–water partition coefficient (Wildman–Crippen LogP) is 4.62. The van der Waals surface area contributed by atoms with Crippen molar-refractivity contribution >= 4 is 28.6 Å². The number of hydrogen-bond donors (Lipinski definition) is 1. The Hall–Kier alpha value is -3.19. The van der Waals surface area contributed by atoms with E-state index in [4.69, 9.17) is 10.7 Å². The third-order valence-electron chi connectivity index (χ3n) is 5.16. The summed E-state index contributed by atoms with van der Waals surface area (Å²) in [6, 6.07) is 15.6. The first-order chi connectivity index (χ1) is 15.0. The molecule has 0 aliphatic carbocycles. The third kappa shape index (κ3) is 4.32. The molecular formula is C24H25N5OS. The minimum absolute atomic E-state index is 0.0538. The minimum Gasteiger partial charge on any atom is -0.368 e. The van der Waals surface area contributed by atoms with Crippen LogP contribution in [0.5, 0.6) is 0 Å². The Bertz CT molecular complexity index is 1320. The molecule has 0 bridgehead atoms. The first-order valence-corrected chi connectivity index (χ1v) is 11.3. The summed E-state index contributed by atoms with van der Waals surface area (Å²) in [5, 5.41) is 1.43. The fourth-order valence-corrected chi connectivity index (χ4v) is 4.54. The minimum atomic E-state index is -0.0538. The number of thioether (sulfide) groups is 1. The summed E-state index contributed by atoms with van der Waals surface area (Å²) in [6.07, 6.45) is 1.83. The second kappa shape index (κ2) is 8.89. The number of hydrogen-bond acceptors (Lipinski definition) is 6. The van der Waals surface area contributed by atoms with E-state index in [9.17, 15) is 4.79 Å². The van der Waals surface area contributed by atoms with E-state index in [0.29, 0.717) is 22.5 Å². The lowest BCUT2D eigenvalue weighted by Gasteiger charge is -2.16. The van der Waals surface area contributed by atoms with E-state index in [1.54, 1.807) is 4.57 Å². The summed E-state index contributed by atoms with van der Waals surface area (Å²) < 4.78 is 1.73. The van der Waals surface area contributed by atoms with Crippen molar-refractivity contribution < 1.29 is 0 Å². The Labute approximate surface area is 185 Å². The molecule has 2 N–H and O–H groups in total. The maximum Gasteiger partial charge on any atom is 0.266 e. The van der Waals surface area contributed by atoms with E-state index in [2.05, 4.69) is 16.9 Å². The van der Waals surface area contributed by atoms with Crippen LogP contribution in [0.2, 0.25) is 0 Å². The normalized spacial score (nSPS) is 11.2. The molecule has 0 saturated carbocycles. The van der Waals surface area contributed by atoms with Gasteiger partial charge in [-0.15, -0.1) is 0 Å². The van der Waals surface area contributed by atoms with Crippen LogP contribution in [0, 0.1) is 13.8 Å². The Morgan fingerprint density at radius 3 is 2.55 bits per heavy atom. The highest BCUT2D eigenvalue weighted by atomic mass is 32.2. The molecule has 0 spiro atoms. The molecule has 0 fully saturated rings. The van der Waals surface area contributed by atoms with Crippen molar-refractivity contribution in [2.75, 3.05) is 5.73 Å². The summed E-state index contributed by atoms with van der Waals surface area (Å²) in [4.78, 5) is 27.1. The third-order valence-corrected chi connectivity index (χ3v) is 6.07. The number of nitrogens with two attached hydrogens (primary N) is 1. The maximum atomic E-state index is 13.6. The van der Waals surface area contributed by atoms with Crippen LogP contribution in [0.25, 0.3) is 16.6 Å². The van der Waals surface area contributed by atoms with Gasteiger partial charge in [-0.1, -0.05) is 55.4 Å². The number of aryl methyl sites for hydroxylation is 3. The lowest BCUT2D eigenvalue weighted by Crippen LogP contribution is -2.25. The average molecular weight is 432 g/mol. The molecule has 0 aliphatic heterocycles. The topological polar surface area (TPSA) is 86.7 Å². The average Bonchev–Trinajstić information content (AvgIpc) is 2.73. The first-order valence-electron chi connectivity index (χ1n) is 10.3. The molecule has 2 aromatic heterocycles. The van der Waals surface area contributed by atoms with Crippen molar-refractivity contribution in [3.05, 3.63) is 81.5 Å². The van der Waals surface area contributed by atoms with E-state index in [1.165, 1.54) is 11.8 Å². The van der Waals surface area contributed by atoms with Gasteiger partial charge in [0, 0.05) is 5.69 Å². The molecule has 7 heteroatoms. The number of nitrogen functional groups attached to an aromatic ring is 1. The van der Waals surface area contributed by atoms with Gasteiger partial charge in [-0.2, -0.15) is 0 Å². The SMILES string of the molecule is CCCc1cc(SCc2nc3cccc(C)c3c(=O)n2-c2ccccc2C)nc(N)n1. The van der Waals surface area contributed by atoms with Crippen LogP contribution in [0.15, 0.2) is 58.4 Å². The van der Waals surface area contributed by atoms with Crippen molar-refractivity contribution in [1.29, 1.82) is 0 Å². The fraction of sp³-hybridized carbons (Fsp3) is 0.250. The van der Waals surface area contributed by atoms with Crippen LogP contribution < -0.4 is 11.3 Å². The van der Waals surface area contributed by atoms with Crippen molar-refractivity contribution in [3.8, 4) is 5.69 Å². The quantitative estimate of drug-likeness (QED) is 0.354. The Balaban J connectivity index is 1.83. The van der Waals surface area contributed by atoms with E-state index in [-0.39, 0.29) is 11.5 Å². The zero-order valence-corrected chi connectivity index (χ0v) is 18.7. The van der Waals surface area contributed by atoms with E-state index in [1.807, 2.05) is 62.4 Å². The van der Waals surface area contributed by atoms with E-state index < -0.39 is 0 Å². The van der Waals surface area contributed by atoms with Crippen LogP contribution in [0.3, 0.4) is 0 Å². The monoisotopic (exact) mass is 431 g/mol. The van der Waals surface area contributed by atoms with Gasteiger partial charge in [-0.3, -0.25) is 9.36 Å². The molecule has 0 atom stereocenters. The second-order valence-electron chi connectivity index (χ2n) is 7.52. The summed E-state index contributed by atoms with van der Waals surface area (Å²) >= 11 is 1.51. The van der Waals surface area contributed by atoms with Crippen molar-refractivity contribution in [2.45, 2.75) is 44.4 Å². The maximum absolute atomic E-state index is 13.6. The summed E-state index contributed by atoms with van der Waals surface area (Å²) in [6.45, 7) is 6.05. The number of rotatable bonds is 6. The molecular weight excluding hydrogens is 406 g/mol. The van der Waals surface area contributed by atoms with Gasteiger partial charge in [0.05, 0.1) is 22.3 Å². The van der Waals surface area contributed by atoms with Crippen molar-refractivity contribution in [2.24, 2.45) is 0 Å². The van der Waals surface area contributed by atoms with Gasteiger partial charge in [-0.05, 0) is 49.6 Å². The molecule has 0 aliphatic rings. The standard InChI is InChI=1S/C24H25N5OS/c1-4-8-17-13-21(28-24(25)26-17)31-14-20-27-18-11-7-10-16(3)22(18)23(30)29(20)19-12-6-5-9-15(19)2/h5-7,9-13H,4,8,14H2,1-3H3,(H2,25,26,28). The van der Waals surface area contributed by atoms with Crippen LogP contribution in [0.1, 0.15) is 36.0 Å². The smallest absolute Gasteiger partial charge is 0.266 e. The molecule has 0 saturated heterocycles. The van der Waals surface area contributed by atoms with Gasteiger partial charge in [-0.25, -0.2) is 15.0 Å². The summed E-state index contributed by atoms with van der Waals surface area (Å²) in [5.41, 5.74) is 10.3. The second-order valence-corrected chi connectivity index (χ2v) is 8.51. The van der Waals surface area contributed by atoms with Gasteiger partial charge in [0.2, 0.25) is 5.95 Å². The highest BCUT2D eigenvalue weighted by Gasteiger charge is 2.16. The molecule has 0 unspecified atom stereocenters. The molecule has 0 radical (unpaired) electrons. The van der Waals surface area contributed by atoms with Gasteiger partial charge in [0.25, 0.3) is 5.56 Å². The number of fused-ring (bicyclic) bond motifs is 1. The fourth-order valence-electron chi connectivity index (χ4n) is 3.69. The lowest BCUT2D eigenvalue weighted by molar-refractivity contribution is 0.857. The Morgan fingerprint density at radius 1 is 1.00 bits per heavy atom. The predicted molar refractivity (Wildman–Crippen MR) is 127 cm³/mol. The number of benzene rings is 2. The molecule has 2 aromatic carbocycles. The number of nitrogens with zero attached hydrogens (tertiary/aromatic N) is 4. The van der Waals surface area contributed by atoms with Crippen LogP contribution in [-0.2, 0) is 12.2 Å². The lowest BCUT2D eigenvalue weighted by atomic mass is 10.1. The molecule has 2 heterocycles. The molecule has 31 heavy (non-hydrogen) atoms. The molecule has 6 nitrogen and oxygen atoms in total. The van der Waals surface area contributed by atoms with Crippen LogP contribution in [0.4, 0.5) is 5.95 Å². The van der Waals surface area contributed by atoms with Gasteiger partial charge >= 0.3 is 0 Å². The van der Waals surface area contributed by atoms with Gasteiger partial charge in [0.1, 0.15) is 10.9 Å². The number of aromatic nitrogens is 4. The summed E-state index contributed by atoms with van der Waals surface area (Å²) in [5.74, 6) is 1.43.